The van der Waals surface area contributed by atoms with Crippen LogP contribution in [0.15, 0.2) is 30.3 Å². The number of ketones is 1. The number of hydrogen-bond acceptors (Lipinski definition) is 4. The Kier molecular flexibility index (Phi) is 4.21. The first-order valence-corrected chi connectivity index (χ1v) is 6.74. The third kappa shape index (κ3) is 3.27. The highest BCUT2D eigenvalue weighted by Gasteiger charge is 2.24. The molecular weight excluding hydrogens is 215 g/mol. The van der Waals surface area contributed by atoms with Crippen molar-refractivity contribution in [2.24, 2.45) is 0 Å². The molecule has 0 aliphatic carbocycles. The van der Waals surface area contributed by atoms with E-state index < -0.39 is 19.8 Å². The lowest BCUT2D eigenvalue weighted by molar-refractivity contribution is 0.101. The van der Waals surface area contributed by atoms with Crippen molar-refractivity contribution in [1.29, 1.82) is 0 Å². The van der Waals surface area contributed by atoms with Crippen molar-refractivity contribution in [1.82, 2.24) is 0 Å². The summed E-state index contributed by atoms with van der Waals surface area (Å²) in [6.07, 6.45) is -1.56. The molecule has 0 aliphatic rings. The molecule has 1 aromatic carbocycles. The van der Waals surface area contributed by atoms with Crippen LogP contribution in [-0.2, 0) is 4.57 Å². The Bertz CT molecular complexity index is 366. The molecule has 0 aliphatic heterocycles. The van der Waals surface area contributed by atoms with Gasteiger partial charge in [-0.15, -0.1) is 0 Å². The van der Waals surface area contributed by atoms with Crippen molar-refractivity contribution in [2.45, 2.75) is 0 Å². The van der Waals surface area contributed by atoms with Gasteiger partial charge in [-0.1, -0.05) is 30.3 Å². The van der Waals surface area contributed by atoms with E-state index in [9.17, 15) is 9.36 Å². The number of benzene rings is 1. The van der Waals surface area contributed by atoms with Crippen molar-refractivity contribution in [3.63, 3.8) is 0 Å². The third-order valence-electron chi connectivity index (χ3n) is 2.04. The van der Waals surface area contributed by atoms with Gasteiger partial charge in [-0.05, 0) is 0 Å². The summed E-state index contributed by atoms with van der Waals surface area (Å²) in [4.78, 5) is 11.6. The van der Waals surface area contributed by atoms with E-state index in [1.54, 1.807) is 30.3 Å². The van der Waals surface area contributed by atoms with Crippen LogP contribution < -0.4 is 0 Å². The van der Waals surface area contributed by atoms with Crippen LogP contribution in [0.4, 0.5) is 0 Å². The molecule has 0 unspecified atom stereocenters. The van der Waals surface area contributed by atoms with Gasteiger partial charge in [0.05, 0.1) is 18.9 Å². The van der Waals surface area contributed by atoms with E-state index in [1.165, 1.54) is 0 Å². The first-order valence-electron chi connectivity index (χ1n) is 4.48. The first kappa shape index (κ1) is 12.1. The van der Waals surface area contributed by atoms with Crippen LogP contribution in [0.3, 0.4) is 0 Å². The molecule has 1 aromatic rings. The zero-order valence-electron chi connectivity index (χ0n) is 8.17. The summed E-state index contributed by atoms with van der Waals surface area (Å²) in [5.74, 6) is -0.318. The predicted octanol–water partition coefficient (Wildman–Crippen LogP) is 1.13. The Labute approximate surface area is 87.9 Å². The maximum atomic E-state index is 11.6. The van der Waals surface area contributed by atoms with Crippen LogP contribution in [0.1, 0.15) is 10.4 Å². The second kappa shape index (κ2) is 5.21. The highest BCUT2D eigenvalue weighted by atomic mass is 31.2. The van der Waals surface area contributed by atoms with Crippen LogP contribution in [0.5, 0.6) is 0 Å². The van der Waals surface area contributed by atoms with Crippen LogP contribution in [0.25, 0.3) is 0 Å². The molecule has 0 fully saturated rings. The highest BCUT2D eigenvalue weighted by molar-refractivity contribution is 7.64. The van der Waals surface area contributed by atoms with Gasteiger partial charge in [-0.3, -0.25) is 4.79 Å². The third-order valence-corrected chi connectivity index (χ3v) is 3.94. The highest BCUT2D eigenvalue weighted by Crippen LogP contribution is 2.43. The molecule has 2 N–H and O–H groups in total. The van der Waals surface area contributed by atoms with E-state index in [4.69, 9.17) is 10.2 Å². The number of carbonyl (C=O) groups is 1. The zero-order chi connectivity index (χ0) is 11.3. The summed E-state index contributed by atoms with van der Waals surface area (Å²) < 4.78 is 11.6. The number of rotatable bonds is 5. The monoisotopic (exact) mass is 228 g/mol. The lowest BCUT2D eigenvalue weighted by Crippen LogP contribution is -2.10. The summed E-state index contributed by atoms with van der Waals surface area (Å²) in [7, 11) is -3.14. The summed E-state index contributed by atoms with van der Waals surface area (Å²) in [6.45, 7) is 0. The van der Waals surface area contributed by atoms with Gasteiger partial charge >= 0.3 is 0 Å². The molecule has 5 heteroatoms. The molecular formula is C10H13O4P. The van der Waals surface area contributed by atoms with Gasteiger partial charge in [0.15, 0.2) is 5.78 Å². The fourth-order valence-electron chi connectivity index (χ4n) is 1.12. The van der Waals surface area contributed by atoms with Gasteiger partial charge in [-0.2, -0.15) is 0 Å². The van der Waals surface area contributed by atoms with Crippen molar-refractivity contribution in [3.8, 4) is 0 Å². The minimum absolute atomic E-state index is 0.288. The van der Waals surface area contributed by atoms with Crippen LogP contribution in [0.2, 0.25) is 0 Å². The lowest BCUT2D eigenvalue weighted by Gasteiger charge is -2.11. The standard InChI is InChI=1S/C10H13O4P/c11-7-15(14,8-12)6-10(13)9-4-2-1-3-5-9/h1-5,11-12H,6-8H2. The second-order valence-electron chi connectivity index (χ2n) is 3.29. The predicted molar refractivity (Wildman–Crippen MR) is 57.4 cm³/mol. The molecule has 0 bridgehead atoms. The molecule has 4 nitrogen and oxygen atoms in total. The minimum atomic E-state index is -3.14. The molecule has 0 aromatic heterocycles. The molecule has 0 amide bonds. The topological polar surface area (TPSA) is 74.6 Å². The maximum Gasteiger partial charge on any atom is 0.170 e. The number of hydrogen-bond donors (Lipinski definition) is 2. The average Bonchev–Trinajstić information content (AvgIpc) is 2.30. The van der Waals surface area contributed by atoms with Gasteiger partial charge in [0.1, 0.15) is 7.14 Å². The van der Waals surface area contributed by atoms with Crippen LogP contribution >= 0.6 is 7.14 Å². The van der Waals surface area contributed by atoms with Crippen LogP contribution in [0, 0.1) is 0 Å². The molecule has 1 rings (SSSR count). The number of aliphatic hydroxyl groups excluding tert-OH is 2. The van der Waals surface area contributed by atoms with E-state index in [-0.39, 0.29) is 11.9 Å². The Hall–Kier alpha value is -0.960. The molecule has 0 spiro atoms. The van der Waals surface area contributed by atoms with Crippen LogP contribution in [-0.4, -0.2) is 34.9 Å². The number of carbonyl (C=O) groups excluding carboxylic acids is 1. The van der Waals surface area contributed by atoms with E-state index in [0.29, 0.717) is 5.56 Å². The quantitative estimate of drug-likeness (QED) is 0.585. The van der Waals surface area contributed by atoms with Gasteiger partial charge in [-0.25, -0.2) is 0 Å². The largest absolute Gasteiger partial charge is 0.389 e. The molecule has 0 radical (unpaired) electrons. The fourth-order valence-corrected chi connectivity index (χ4v) is 2.12. The summed E-state index contributed by atoms with van der Waals surface area (Å²) in [6, 6.07) is 8.41. The van der Waals surface area contributed by atoms with E-state index >= 15 is 0 Å². The van der Waals surface area contributed by atoms with Gasteiger partial charge in [0, 0.05) is 5.56 Å². The molecule has 82 valence electrons. The molecule has 0 saturated carbocycles. The minimum Gasteiger partial charge on any atom is -0.389 e. The van der Waals surface area contributed by atoms with E-state index in [1.807, 2.05) is 0 Å². The van der Waals surface area contributed by atoms with Crippen molar-refractivity contribution in [3.05, 3.63) is 35.9 Å². The number of aliphatic hydroxyl groups is 2. The smallest absolute Gasteiger partial charge is 0.170 e. The van der Waals surface area contributed by atoms with Gasteiger partial charge < -0.3 is 14.8 Å². The Morgan fingerprint density at radius 3 is 2.13 bits per heavy atom. The van der Waals surface area contributed by atoms with E-state index in [2.05, 4.69) is 0 Å². The molecule has 15 heavy (non-hydrogen) atoms. The Morgan fingerprint density at radius 2 is 1.67 bits per heavy atom. The normalized spacial score (nSPS) is 11.3. The molecule has 0 saturated heterocycles. The summed E-state index contributed by atoms with van der Waals surface area (Å²) in [5, 5.41) is 17.6. The number of Topliss-reactive ketones (excluding diaryl/α,β-unsaturated/α-hetero) is 1. The summed E-state index contributed by atoms with van der Waals surface area (Å²) in [5.41, 5.74) is 0.444. The summed E-state index contributed by atoms with van der Waals surface area (Å²) >= 11 is 0. The first-order chi connectivity index (χ1) is 7.11. The van der Waals surface area contributed by atoms with Crippen molar-refractivity contribution in [2.75, 3.05) is 18.9 Å². The van der Waals surface area contributed by atoms with Crippen molar-refractivity contribution >= 4 is 12.9 Å². The van der Waals surface area contributed by atoms with Gasteiger partial charge in [0.25, 0.3) is 0 Å². The lowest BCUT2D eigenvalue weighted by atomic mass is 10.2. The Morgan fingerprint density at radius 1 is 1.13 bits per heavy atom. The second-order valence-corrected chi connectivity index (χ2v) is 6.29. The SMILES string of the molecule is O=C(CP(=O)(CO)CO)c1ccccc1. The van der Waals surface area contributed by atoms with E-state index in [0.717, 1.165) is 0 Å². The zero-order valence-corrected chi connectivity index (χ0v) is 9.06. The maximum absolute atomic E-state index is 11.6. The fraction of sp³-hybridized carbons (Fsp3) is 0.300. The Balaban J connectivity index is 2.76. The molecule has 0 atom stereocenters. The van der Waals surface area contributed by atoms with Crippen molar-refractivity contribution < 1.29 is 19.6 Å². The van der Waals surface area contributed by atoms with Gasteiger partial charge in [0.2, 0.25) is 0 Å². The average molecular weight is 228 g/mol. The molecule has 0 heterocycles.